The first-order valence-electron chi connectivity index (χ1n) is 5.69. The van der Waals surface area contributed by atoms with Gasteiger partial charge in [-0.05, 0) is 36.6 Å². The molecule has 0 aliphatic rings. The first-order valence-corrected chi connectivity index (χ1v) is 6.07. The molecule has 1 atom stereocenters. The highest BCUT2D eigenvalue weighted by Gasteiger charge is 2.14. The molecule has 1 unspecified atom stereocenters. The van der Waals surface area contributed by atoms with E-state index in [1.807, 2.05) is 19.1 Å². The Kier molecular flexibility index (Phi) is 3.94. The van der Waals surface area contributed by atoms with Crippen molar-refractivity contribution in [2.75, 3.05) is 0 Å². The zero-order chi connectivity index (χ0) is 13.1. The maximum Gasteiger partial charge on any atom is 0.145 e. The summed E-state index contributed by atoms with van der Waals surface area (Å²) in [6.45, 7) is 1.94. The summed E-state index contributed by atoms with van der Waals surface area (Å²) in [4.78, 5) is 4.25. The topological polar surface area (TPSA) is 38.9 Å². The lowest BCUT2D eigenvalue weighted by Crippen LogP contribution is -2.17. The fourth-order valence-corrected chi connectivity index (χ4v) is 2.12. The van der Waals surface area contributed by atoms with Crippen molar-refractivity contribution in [1.82, 2.24) is 4.98 Å². The molecule has 0 aliphatic heterocycles. The summed E-state index contributed by atoms with van der Waals surface area (Å²) in [6, 6.07) is 8.40. The molecule has 0 aliphatic carbocycles. The molecule has 2 nitrogen and oxygen atoms in total. The minimum absolute atomic E-state index is 0.123. The SMILES string of the molecule is Cc1cccnc1C(N)Cc1cccc(Cl)c1F. The molecule has 2 rings (SSSR count). The number of hydrogen-bond acceptors (Lipinski definition) is 2. The number of hydrogen-bond donors (Lipinski definition) is 1. The highest BCUT2D eigenvalue weighted by molar-refractivity contribution is 6.30. The summed E-state index contributed by atoms with van der Waals surface area (Å²) in [7, 11) is 0. The van der Waals surface area contributed by atoms with Crippen molar-refractivity contribution in [2.45, 2.75) is 19.4 Å². The summed E-state index contributed by atoms with van der Waals surface area (Å²) in [5, 5.41) is 0.123. The van der Waals surface area contributed by atoms with Crippen LogP contribution in [0.25, 0.3) is 0 Å². The molecule has 2 N–H and O–H groups in total. The van der Waals surface area contributed by atoms with Crippen molar-refractivity contribution in [3.8, 4) is 0 Å². The predicted octanol–water partition coefficient (Wildman–Crippen LogP) is 3.43. The van der Waals surface area contributed by atoms with Crippen LogP contribution in [0.15, 0.2) is 36.5 Å². The highest BCUT2D eigenvalue weighted by atomic mass is 35.5. The zero-order valence-electron chi connectivity index (χ0n) is 10.0. The van der Waals surface area contributed by atoms with E-state index in [4.69, 9.17) is 17.3 Å². The predicted molar refractivity (Wildman–Crippen MR) is 71.0 cm³/mol. The quantitative estimate of drug-likeness (QED) is 0.923. The van der Waals surface area contributed by atoms with Crippen LogP contribution in [-0.2, 0) is 6.42 Å². The van der Waals surface area contributed by atoms with Gasteiger partial charge in [0.25, 0.3) is 0 Å². The molecule has 0 saturated heterocycles. The Morgan fingerprint density at radius 3 is 2.83 bits per heavy atom. The first kappa shape index (κ1) is 13.0. The van der Waals surface area contributed by atoms with E-state index < -0.39 is 5.82 Å². The fraction of sp³-hybridized carbons (Fsp3) is 0.214. The largest absolute Gasteiger partial charge is 0.322 e. The average molecular weight is 265 g/mol. The lowest BCUT2D eigenvalue weighted by atomic mass is 10.0. The average Bonchev–Trinajstić information content (AvgIpc) is 2.35. The van der Waals surface area contributed by atoms with E-state index in [9.17, 15) is 4.39 Å². The van der Waals surface area contributed by atoms with E-state index in [1.165, 1.54) is 6.07 Å². The van der Waals surface area contributed by atoms with Crippen LogP contribution >= 0.6 is 11.6 Å². The molecule has 4 heteroatoms. The number of nitrogens with two attached hydrogens (primary N) is 1. The lowest BCUT2D eigenvalue weighted by Gasteiger charge is -2.14. The van der Waals surface area contributed by atoms with Crippen LogP contribution in [0.2, 0.25) is 5.02 Å². The van der Waals surface area contributed by atoms with Crippen molar-refractivity contribution in [3.63, 3.8) is 0 Å². The second kappa shape index (κ2) is 5.46. The molecule has 0 radical (unpaired) electrons. The first-order chi connectivity index (χ1) is 8.59. The third kappa shape index (κ3) is 2.68. The van der Waals surface area contributed by atoms with Gasteiger partial charge in [-0.25, -0.2) is 4.39 Å². The van der Waals surface area contributed by atoms with Crippen LogP contribution in [0.4, 0.5) is 4.39 Å². The number of pyridine rings is 1. The number of halogens is 2. The molecule has 1 aromatic carbocycles. The normalized spacial score (nSPS) is 12.4. The van der Waals surface area contributed by atoms with E-state index >= 15 is 0 Å². The van der Waals surface area contributed by atoms with Crippen molar-refractivity contribution in [3.05, 3.63) is 64.2 Å². The summed E-state index contributed by atoms with van der Waals surface area (Å²) >= 11 is 5.74. The monoisotopic (exact) mass is 264 g/mol. The standard InChI is InChI=1S/C14H14ClFN2/c1-9-4-3-7-18-14(9)12(17)8-10-5-2-6-11(15)13(10)16/h2-7,12H,8,17H2,1H3. The Morgan fingerprint density at radius 1 is 1.33 bits per heavy atom. The Labute approximate surface area is 111 Å². The molecule has 94 valence electrons. The van der Waals surface area contributed by atoms with Gasteiger partial charge in [-0.2, -0.15) is 0 Å². The smallest absolute Gasteiger partial charge is 0.145 e. The third-order valence-corrected chi connectivity index (χ3v) is 3.16. The van der Waals surface area contributed by atoms with E-state index in [-0.39, 0.29) is 11.1 Å². The minimum atomic E-state index is -0.400. The van der Waals surface area contributed by atoms with E-state index in [1.54, 1.807) is 18.3 Å². The molecule has 1 heterocycles. The van der Waals surface area contributed by atoms with Crippen molar-refractivity contribution in [2.24, 2.45) is 5.73 Å². The molecule has 1 aromatic heterocycles. The van der Waals surface area contributed by atoms with Crippen molar-refractivity contribution < 1.29 is 4.39 Å². The van der Waals surface area contributed by atoms with Gasteiger partial charge in [-0.15, -0.1) is 0 Å². The number of aromatic nitrogens is 1. The summed E-state index contributed by atoms with van der Waals surface area (Å²) in [5.41, 5.74) is 8.38. The molecule has 0 bridgehead atoms. The number of nitrogens with zero attached hydrogens (tertiary/aromatic N) is 1. The molecule has 0 amide bonds. The summed E-state index contributed by atoms with van der Waals surface area (Å²) < 4.78 is 13.8. The molecule has 0 spiro atoms. The van der Waals surface area contributed by atoms with E-state index in [0.717, 1.165) is 11.3 Å². The molecule has 18 heavy (non-hydrogen) atoms. The van der Waals surface area contributed by atoms with Gasteiger partial charge in [-0.1, -0.05) is 29.8 Å². The van der Waals surface area contributed by atoms with Gasteiger partial charge < -0.3 is 5.73 Å². The van der Waals surface area contributed by atoms with Gasteiger partial charge in [-0.3, -0.25) is 4.98 Å². The summed E-state index contributed by atoms with van der Waals surface area (Å²) in [6.07, 6.45) is 2.07. The number of rotatable bonds is 3. The Balaban J connectivity index is 2.24. The maximum atomic E-state index is 13.8. The van der Waals surface area contributed by atoms with Gasteiger partial charge >= 0.3 is 0 Å². The van der Waals surface area contributed by atoms with Crippen LogP contribution < -0.4 is 5.73 Å². The van der Waals surface area contributed by atoms with Gasteiger partial charge in [0.2, 0.25) is 0 Å². The van der Waals surface area contributed by atoms with E-state index in [0.29, 0.717) is 12.0 Å². The second-order valence-electron chi connectivity index (χ2n) is 4.23. The molecule has 2 aromatic rings. The molecular formula is C14H14ClFN2. The maximum absolute atomic E-state index is 13.8. The van der Waals surface area contributed by atoms with Crippen LogP contribution in [0.1, 0.15) is 22.9 Å². The molecule has 0 fully saturated rings. The Morgan fingerprint density at radius 2 is 2.11 bits per heavy atom. The Bertz CT molecular complexity index is 557. The van der Waals surface area contributed by atoms with Crippen LogP contribution in [0.5, 0.6) is 0 Å². The summed E-state index contributed by atoms with van der Waals surface area (Å²) in [5.74, 6) is -0.400. The van der Waals surface area contributed by atoms with Gasteiger partial charge in [0.05, 0.1) is 16.8 Å². The van der Waals surface area contributed by atoms with Crippen molar-refractivity contribution in [1.29, 1.82) is 0 Å². The van der Waals surface area contributed by atoms with Crippen LogP contribution in [-0.4, -0.2) is 4.98 Å². The molecular weight excluding hydrogens is 251 g/mol. The Hall–Kier alpha value is -1.45. The third-order valence-electron chi connectivity index (χ3n) is 2.87. The minimum Gasteiger partial charge on any atom is -0.322 e. The zero-order valence-corrected chi connectivity index (χ0v) is 10.8. The second-order valence-corrected chi connectivity index (χ2v) is 4.64. The fourth-order valence-electron chi connectivity index (χ4n) is 1.93. The lowest BCUT2D eigenvalue weighted by molar-refractivity contribution is 0.589. The van der Waals surface area contributed by atoms with Gasteiger partial charge in [0.15, 0.2) is 0 Å². The highest BCUT2D eigenvalue weighted by Crippen LogP contribution is 2.23. The van der Waals surface area contributed by atoms with Gasteiger partial charge in [0, 0.05) is 6.20 Å². The van der Waals surface area contributed by atoms with Crippen LogP contribution in [0.3, 0.4) is 0 Å². The molecule has 0 saturated carbocycles. The van der Waals surface area contributed by atoms with Crippen molar-refractivity contribution >= 4 is 11.6 Å². The van der Waals surface area contributed by atoms with E-state index in [2.05, 4.69) is 4.98 Å². The number of aryl methyl sites for hydroxylation is 1. The van der Waals surface area contributed by atoms with Gasteiger partial charge in [0.1, 0.15) is 5.82 Å². The number of benzene rings is 1. The van der Waals surface area contributed by atoms with Crippen LogP contribution in [0, 0.1) is 12.7 Å².